The molecule has 0 aliphatic rings. The fourth-order valence-corrected chi connectivity index (χ4v) is 0.646. The minimum absolute atomic E-state index is 0.752. The third-order valence-electron chi connectivity index (χ3n) is 0.832. The molecule has 0 bridgehead atoms. The highest BCUT2D eigenvalue weighted by atomic mass is 32.1. The molecule has 3 heteroatoms. The normalized spacial score (nSPS) is 9.00. The molecule has 0 aromatic carbocycles. The van der Waals surface area contributed by atoms with Gasteiger partial charge in [0.05, 0.1) is 0 Å². The molecule has 0 aliphatic heterocycles. The van der Waals surface area contributed by atoms with E-state index in [4.69, 9.17) is 0 Å². The number of H-pyrrole nitrogens is 1. The molecule has 2 nitrogen and oxygen atoms in total. The van der Waals surface area contributed by atoms with Gasteiger partial charge < -0.3 is 4.98 Å². The molecular formula is C5H6N2S. The van der Waals surface area contributed by atoms with Gasteiger partial charge in [-0.15, -0.1) is 0 Å². The summed E-state index contributed by atoms with van der Waals surface area (Å²) >= 11 is 4.61. The molecule has 42 valence electrons. The van der Waals surface area contributed by atoms with E-state index in [1.54, 1.807) is 17.8 Å². The summed E-state index contributed by atoms with van der Waals surface area (Å²) in [7, 11) is 0. The zero-order valence-corrected chi connectivity index (χ0v) is 5.11. The van der Waals surface area contributed by atoms with Crippen LogP contribution in [0.5, 0.6) is 0 Å². The van der Waals surface area contributed by atoms with Gasteiger partial charge in [-0.3, -0.25) is 0 Å². The van der Waals surface area contributed by atoms with Crippen LogP contribution >= 0.6 is 12.2 Å². The summed E-state index contributed by atoms with van der Waals surface area (Å²) in [5, 5.41) is 1.65. The van der Waals surface area contributed by atoms with Crippen molar-refractivity contribution in [1.82, 2.24) is 9.97 Å². The van der Waals surface area contributed by atoms with E-state index in [9.17, 15) is 0 Å². The zero-order chi connectivity index (χ0) is 5.82. The number of hydrogen-bond acceptors (Lipinski definition) is 2. The van der Waals surface area contributed by atoms with Gasteiger partial charge in [-0.25, -0.2) is 4.98 Å². The van der Waals surface area contributed by atoms with Crippen molar-refractivity contribution in [3.8, 4) is 0 Å². The lowest BCUT2D eigenvalue weighted by Crippen LogP contribution is -1.84. The Morgan fingerprint density at radius 2 is 2.75 bits per heavy atom. The fourth-order valence-electron chi connectivity index (χ4n) is 0.489. The summed E-state index contributed by atoms with van der Waals surface area (Å²) < 4.78 is 0. The van der Waals surface area contributed by atoms with Crippen LogP contribution in [0.25, 0.3) is 0 Å². The Bertz CT molecular complexity index is 157. The first-order valence-electron chi connectivity index (χ1n) is 2.35. The Morgan fingerprint density at radius 3 is 3.25 bits per heavy atom. The standard InChI is InChI=1S/C5H6N2S/c8-4-1-5-6-2-3-7-5/h2-4H,1H2,(H,6,7). The zero-order valence-electron chi connectivity index (χ0n) is 4.29. The molecule has 1 N–H and O–H groups in total. The van der Waals surface area contributed by atoms with Gasteiger partial charge in [-0.2, -0.15) is 0 Å². The minimum atomic E-state index is 0.752. The Labute approximate surface area is 52.9 Å². The summed E-state index contributed by atoms with van der Waals surface area (Å²) in [5.41, 5.74) is 0. The molecular weight excluding hydrogens is 120 g/mol. The van der Waals surface area contributed by atoms with E-state index in [0.29, 0.717) is 0 Å². The second kappa shape index (κ2) is 2.57. The van der Waals surface area contributed by atoms with Gasteiger partial charge in [-0.05, 0) is 5.37 Å². The molecule has 0 amide bonds. The van der Waals surface area contributed by atoms with Gasteiger partial charge in [0, 0.05) is 18.8 Å². The van der Waals surface area contributed by atoms with Crippen LogP contribution in [0.15, 0.2) is 12.4 Å². The molecule has 1 heterocycles. The van der Waals surface area contributed by atoms with Crippen molar-refractivity contribution in [1.29, 1.82) is 0 Å². The number of nitrogens with one attached hydrogen (secondary N) is 1. The smallest absolute Gasteiger partial charge is 0.110 e. The SMILES string of the molecule is S=CCc1ncc[nH]1. The predicted molar refractivity (Wildman–Crippen MR) is 35.9 cm³/mol. The summed E-state index contributed by atoms with van der Waals surface area (Å²) in [4.78, 5) is 6.88. The number of imidazole rings is 1. The second-order valence-corrected chi connectivity index (χ2v) is 1.74. The van der Waals surface area contributed by atoms with E-state index in [2.05, 4.69) is 22.2 Å². The van der Waals surface area contributed by atoms with E-state index in [1.807, 2.05) is 0 Å². The maximum Gasteiger partial charge on any atom is 0.110 e. The number of aromatic amines is 1. The Balaban J connectivity index is 2.62. The van der Waals surface area contributed by atoms with Crippen molar-refractivity contribution in [2.75, 3.05) is 0 Å². The number of thiocarbonyl (C=S) groups is 1. The Kier molecular flexibility index (Phi) is 1.75. The maximum atomic E-state index is 4.61. The molecule has 0 spiro atoms. The van der Waals surface area contributed by atoms with Crippen molar-refractivity contribution in [2.45, 2.75) is 6.42 Å². The first-order chi connectivity index (χ1) is 3.93. The minimum Gasteiger partial charge on any atom is -0.348 e. The number of aromatic nitrogens is 2. The summed E-state index contributed by atoms with van der Waals surface area (Å²) in [6, 6.07) is 0. The Morgan fingerprint density at radius 1 is 1.88 bits per heavy atom. The van der Waals surface area contributed by atoms with Crippen molar-refractivity contribution in [3.05, 3.63) is 18.2 Å². The summed E-state index contributed by atoms with van der Waals surface area (Å²) in [6.45, 7) is 0. The van der Waals surface area contributed by atoms with Gasteiger partial charge in [-0.1, -0.05) is 12.2 Å². The average Bonchev–Trinajstić information content (AvgIpc) is 2.19. The molecule has 0 fully saturated rings. The average molecular weight is 126 g/mol. The van der Waals surface area contributed by atoms with Crippen LogP contribution in [0.2, 0.25) is 0 Å². The van der Waals surface area contributed by atoms with E-state index in [-0.39, 0.29) is 0 Å². The van der Waals surface area contributed by atoms with Crippen molar-refractivity contribution >= 4 is 17.6 Å². The van der Waals surface area contributed by atoms with Crippen LogP contribution in [0, 0.1) is 0 Å². The third-order valence-corrected chi connectivity index (χ3v) is 0.998. The number of nitrogens with zero attached hydrogens (tertiary/aromatic N) is 1. The number of rotatable bonds is 2. The lowest BCUT2D eigenvalue weighted by Gasteiger charge is -1.80. The first kappa shape index (κ1) is 5.44. The van der Waals surface area contributed by atoms with Crippen LogP contribution in [-0.2, 0) is 6.42 Å². The van der Waals surface area contributed by atoms with Gasteiger partial charge in [0.1, 0.15) is 5.82 Å². The van der Waals surface area contributed by atoms with Crippen molar-refractivity contribution < 1.29 is 0 Å². The maximum absolute atomic E-state index is 4.61. The van der Waals surface area contributed by atoms with Crippen LogP contribution in [-0.4, -0.2) is 15.3 Å². The van der Waals surface area contributed by atoms with Crippen molar-refractivity contribution in [3.63, 3.8) is 0 Å². The molecule has 1 aromatic rings. The fraction of sp³-hybridized carbons (Fsp3) is 0.200. The van der Waals surface area contributed by atoms with Gasteiger partial charge >= 0.3 is 0 Å². The quantitative estimate of drug-likeness (QED) is 0.598. The van der Waals surface area contributed by atoms with Gasteiger partial charge in [0.2, 0.25) is 0 Å². The highest BCUT2D eigenvalue weighted by Gasteiger charge is 1.85. The van der Waals surface area contributed by atoms with Gasteiger partial charge in [0.25, 0.3) is 0 Å². The van der Waals surface area contributed by atoms with E-state index in [0.717, 1.165) is 12.2 Å². The van der Waals surface area contributed by atoms with Crippen LogP contribution in [0.4, 0.5) is 0 Å². The topological polar surface area (TPSA) is 28.7 Å². The Hall–Kier alpha value is -0.700. The molecule has 1 aromatic heterocycles. The largest absolute Gasteiger partial charge is 0.348 e. The molecule has 0 unspecified atom stereocenters. The first-order valence-corrected chi connectivity index (χ1v) is 2.82. The number of hydrogen-bond donors (Lipinski definition) is 1. The van der Waals surface area contributed by atoms with Crippen LogP contribution in [0.1, 0.15) is 5.82 Å². The lowest BCUT2D eigenvalue weighted by atomic mass is 10.5. The molecule has 0 saturated heterocycles. The van der Waals surface area contributed by atoms with Crippen LogP contribution < -0.4 is 0 Å². The lowest BCUT2D eigenvalue weighted by molar-refractivity contribution is 1.11. The summed E-state index contributed by atoms with van der Waals surface area (Å²) in [6.07, 6.45) is 4.25. The molecule has 0 aliphatic carbocycles. The van der Waals surface area contributed by atoms with Crippen molar-refractivity contribution in [2.24, 2.45) is 0 Å². The highest BCUT2D eigenvalue weighted by molar-refractivity contribution is 7.78. The second-order valence-electron chi connectivity index (χ2n) is 1.41. The highest BCUT2D eigenvalue weighted by Crippen LogP contribution is 1.85. The monoisotopic (exact) mass is 126 g/mol. The van der Waals surface area contributed by atoms with E-state index < -0.39 is 0 Å². The molecule has 8 heavy (non-hydrogen) atoms. The van der Waals surface area contributed by atoms with Crippen LogP contribution in [0.3, 0.4) is 0 Å². The predicted octanol–water partition coefficient (Wildman–Crippen LogP) is 0.952. The van der Waals surface area contributed by atoms with E-state index in [1.165, 1.54) is 0 Å². The molecule has 0 radical (unpaired) electrons. The molecule has 0 saturated carbocycles. The molecule has 1 rings (SSSR count). The van der Waals surface area contributed by atoms with E-state index >= 15 is 0 Å². The molecule has 0 atom stereocenters. The third kappa shape index (κ3) is 1.13. The van der Waals surface area contributed by atoms with Gasteiger partial charge in [0.15, 0.2) is 0 Å². The summed E-state index contributed by atoms with van der Waals surface area (Å²) in [5.74, 6) is 0.931.